The first-order valence-corrected chi connectivity index (χ1v) is 8.92. The summed E-state index contributed by atoms with van der Waals surface area (Å²) in [7, 11) is 0. The van der Waals surface area contributed by atoms with E-state index >= 15 is 0 Å². The van der Waals surface area contributed by atoms with Crippen LogP contribution in [0.3, 0.4) is 0 Å². The highest BCUT2D eigenvalue weighted by atomic mass is 16.5. The van der Waals surface area contributed by atoms with Crippen LogP contribution < -0.4 is 11.1 Å². The first-order valence-electron chi connectivity index (χ1n) is 8.92. The van der Waals surface area contributed by atoms with Crippen LogP contribution in [0.4, 0.5) is 0 Å². The van der Waals surface area contributed by atoms with E-state index in [1.54, 1.807) is 0 Å². The van der Waals surface area contributed by atoms with Crippen molar-refractivity contribution in [3.8, 4) is 0 Å². The van der Waals surface area contributed by atoms with E-state index in [0.29, 0.717) is 19.6 Å². The Labute approximate surface area is 153 Å². The molecule has 0 saturated carbocycles. The van der Waals surface area contributed by atoms with Crippen molar-refractivity contribution in [2.24, 2.45) is 5.73 Å². The average Bonchev–Trinajstić information content (AvgIpc) is 2.71. The predicted octanol–water partition coefficient (Wildman–Crippen LogP) is 3.10. The lowest BCUT2D eigenvalue weighted by Gasteiger charge is -2.26. The minimum absolute atomic E-state index is 0.108. The summed E-state index contributed by atoms with van der Waals surface area (Å²) in [5, 5.41) is 5.37. The van der Waals surface area contributed by atoms with Crippen LogP contribution in [-0.4, -0.2) is 18.6 Å². The van der Waals surface area contributed by atoms with Crippen LogP contribution in [0.15, 0.2) is 66.7 Å². The summed E-state index contributed by atoms with van der Waals surface area (Å²) >= 11 is 0. The molecule has 0 fully saturated rings. The van der Waals surface area contributed by atoms with E-state index in [0.717, 1.165) is 16.5 Å². The van der Waals surface area contributed by atoms with Crippen molar-refractivity contribution >= 4 is 16.7 Å². The van der Waals surface area contributed by atoms with Crippen LogP contribution in [0.25, 0.3) is 10.8 Å². The molecule has 4 heteroatoms. The fraction of sp³-hybridized carbons (Fsp3) is 0.227. The third-order valence-corrected chi connectivity index (χ3v) is 4.98. The first kappa shape index (κ1) is 16.8. The number of hydrogen-bond donors (Lipinski definition) is 2. The van der Waals surface area contributed by atoms with Crippen LogP contribution in [0, 0.1) is 0 Å². The van der Waals surface area contributed by atoms with Crippen molar-refractivity contribution in [3.05, 3.63) is 83.4 Å². The Kier molecular flexibility index (Phi) is 4.69. The second-order valence-electron chi connectivity index (χ2n) is 6.68. The normalized spacial score (nSPS) is 17.5. The number of hydrogen-bond acceptors (Lipinski definition) is 3. The molecule has 26 heavy (non-hydrogen) atoms. The van der Waals surface area contributed by atoms with E-state index in [9.17, 15) is 4.79 Å². The van der Waals surface area contributed by atoms with Gasteiger partial charge in [0.25, 0.3) is 0 Å². The lowest BCUT2D eigenvalue weighted by molar-refractivity contribution is -0.135. The van der Waals surface area contributed by atoms with Crippen molar-refractivity contribution in [2.45, 2.75) is 25.2 Å². The van der Waals surface area contributed by atoms with Gasteiger partial charge in [-0.25, -0.2) is 0 Å². The van der Waals surface area contributed by atoms with Crippen LogP contribution >= 0.6 is 0 Å². The zero-order valence-electron chi connectivity index (χ0n) is 14.5. The van der Waals surface area contributed by atoms with Gasteiger partial charge >= 0.3 is 0 Å². The molecule has 0 bridgehead atoms. The number of ether oxygens (including phenoxy) is 1. The summed E-state index contributed by atoms with van der Waals surface area (Å²) < 4.78 is 5.76. The average molecular weight is 346 g/mol. The van der Waals surface area contributed by atoms with Crippen LogP contribution in [0.1, 0.15) is 22.7 Å². The Morgan fingerprint density at radius 3 is 2.58 bits per heavy atom. The van der Waals surface area contributed by atoms with Crippen molar-refractivity contribution in [1.29, 1.82) is 0 Å². The summed E-state index contributed by atoms with van der Waals surface area (Å²) in [4.78, 5) is 12.7. The van der Waals surface area contributed by atoms with E-state index < -0.39 is 6.10 Å². The standard InChI is InChI=1S/C22H22N2O2/c23-13-20(18-10-9-15-5-1-2-6-16(15)11-18)24-22(25)21-12-17-7-3-4-8-19(17)14-26-21/h1-11,20-21H,12-14,23H2,(H,24,25). The Bertz CT molecular complexity index is 938. The molecule has 0 radical (unpaired) electrons. The first-order chi connectivity index (χ1) is 12.7. The number of benzene rings is 3. The molecule has 3 aromatic rings. The van der Waals surface area contributed by atoms with Gasteiger partial charge in [0, 0.05) is 13.0 Å². The highest BCUT2D eigenvalue weighted by Gasteiger charge is 2.27. The molecular weight excluding hydrogens is 324 g/mol. The number of amides is 1. The van der Waals surface area contributed by atoms with Crippen molar-refractivity contribution in [2.75, 3.05) is 6.54 Å². The van der Waals surface area contributed by atoms with Gasteiger partial charge in [0.1, 0.15) is 6.10 Å². The van der Waals surface area contributed by atoms with Crippen molar-refractivity contribution < 1.29 is 9.53 Å². The summed E-state index contributed by atoms with van der Waals surface area (Å²) in [6.45, 7) is 0.810. The molecule has 1 aliphatic rings. The molecular formula is C22H22N2O2. The molecule has 132 valence electrons. The number of nitrogens with two attached hydrogens (primary N) is 1. The van der Waals surface area contributed by atoms with Gasteiger partial charge in [-0.15, -0.1) is 0 Å². The van der Waals surface area contributed by atoms with Crippen molar-refractivity contribution in [1.82, 2.24) is 5.32 Å². The molecule has 2 unspecified atom stereocenters. The lowest BCUT2D eigenvalue weighted by Crippen LogP contribution is -2.43. The predicted molar refractivity (Wildman–Crippen MR) is 103 cm³/mol. The summed E-state index contributed by atoms with van der Waals surface area (Å²) in [5.74, 6) is -0.108. The van der Waals surface area contributed by atoms with Crippen LogP contribution in [-0.2, 0) is 22.6 Å². The van der Waals surface area contributed by atoms with Crippen LogP contribution in [0.2, 0.25) is 0 Å². The Morgan fingerprint density at radius 2 is 1.77 bits per heavy atom. The highest BCUT2D eigenvalue weighted by molar-refractivity contribution is 5.84. The molecule has 0 spiro atoms. The third-order valence-electron chi connectivity index (χ3n) is 4.98. The largest absolute Gasteiger partial charge is 0.363 e. The Balaban J connectivity index is 1.50. The van der Waals surface area contributed by atoms with Gasteiger partial charge < -0.3 is 15.8 Å². The summed E-state index contributed by atoms with van der Waals surface area (Å²) in [6.07, 6.45) is 0.121. The van der Waals surface area contributed by atoms with Gasteiger partial charge in [-0.2, -0.15) is 0 Å². The maximum absolute atomic E-state index is 12.7. The number of rotatable bonds is 4. The maximum Gasteiger partial charge on any atom is 0.250 e. The fourth-order valence-corrected chi connectivity index (χ4v) is 3.48. The van der Waals surface area contributed by atoms with Gasteiger partial charge in [0.05, 0.1) is 12.6 Å². The van der Waals surface area contributed by atoms with Gasteiger partial charge in [0.15, 0.2) is 0 Å². The molecule has 4 rings (SSSR count). The molecule has 1 aliphatic heterocycles. The minimum Gasteiger partial charge on any atom is -0.363 e. The van der Waals surface area contributed by atoms with Crippen LogP contribution in [0.5, 0.6) is 0 Å². The highest BCUT2D eigenvalue weighted by Crippen LogP contribution is 2.23. The maximum atomic E-state index is 12.7. The summed E-state index contributed by atoms with van der Waals surface area (Å²) in [6, 6.07) is 22.2. The number of nitrogens with one attached hydrogen (secondary N) is 1. The Morgan fingerprint density at radius 1 is 1.04 bits per heavy atom. The monoisotopic (exact) mass is 346 g/mol. The van der Waals surface area contributed by atoms with Gasteiger partial charge in [0.2, 0.25) is 5.91 Å². The fourth-order valence-electron chi connectivity index (χ4n) is 3.48. The van der Waals surface area contributed by atoms with Gasteiger partial charge in [-0.1, -0.05) is 60.7 Å². The minimum atomic E-state index is -0.473. The van der Waals surface area contributed by atoms with E-state index in [2.05, 4.69) is 35.6 Å². The van der Waals surface area contributed by atoms with E-state index in [4.69, 9.17) is 10.5 Å². The lowest BCUT2D eigenvalue weighted by atomic mass is 9.98. The Hall–Kier alpha value is -2.69. The molecule has 0 saturated heterocycles. The van der Waals surface area contributed by atoms with E-state index in [1.165, 1.54) is 10.9 Å². The molecule has 4 nitrogen and oxygen atoms in total. The third kappa shape index (κ3) is 3.34. The topological polar surface area (TPSA) is 64.3 Å². The molecule has 0 aromatic heterocycles. The second-order valence-corrected chi connectivity index (χ2v) is 6.68. The molecule has 3 N–H and O–H groups in total. The molecule has 1 amide bonds. The SMILES string of the molecule is NCC(NC(=O)C1Cc2ccccc2CO1)c1ccc2ccccc2c1. The summed E-state index contributed by atoms with van der Waals surface area (Å²) in [5.41, 5.74) is 9.29. The smallest absolute Gasteiger partial charge is 0.250 e. The molecule has 1 heterocycles. The van der Waals surface area contributed by atoms with Gasteiger partial charge in [-0.3, -0.25) is 4.79 Å². The van der Waals surface area contributed by atoms with E-state index in [-0.39, 0.29) is 11.9 Å². The number of carbonyl (C=O) groups excluding carboxylic acids is 1. The number of fused-ring (bicyclic) bond motifs is 2. The second kappa shape index (κ2) is 7.28. The zero-order chi connectivity index (χ0) is 17.9. The molecule has 3 aromatic carbocycles. The quantitative estimate of drug-likeness (QED) is 0.763. The zero-order valence-corrected chi connectivity index (χ0v) is 14.5. The van der Waals surface area contributed by atoms with Gasteiger partial charge in [-0.05, 0) is 33.5 Å². The molecule has 0 aliphatic carbocycles. The number of carbonyl (C=O) groups is 1. The van der Waals surface area contributed by atoms with Crippen molar-refractivity contribution in [3.63, 3.8) is 0 Å². The molecule has 2 atom stereocenters. The van der Waals surface area contributed by atoms with E-state index in [1.807, 2.05) is 36.4 Å².